The Labute approximate surface area is 54.7 Å². The molecule has 0 spiro atoms. The number of barbiturate groups is 1. The molecule has 4 amide bonds. The number of carbonyl (C=O) groups excluding carboxylic acids is 3. The van der Waals surface area contributed by atoms with E-state index in [-0.39, 0.29) is 0 Å². The van der Waals surface area contributed by atoms with Gasteiger partial charge in [-0.25, -0.2) is 4.79 Å². The van der Waals surface area contributed by atoms with Crippen molar-refractivity contribution in [3.05, 3.63) is 0 Å². The molecule has 54 valence electrons. The Morgan fingerprint density at radius 2 is 2.00 bits per heavy atom. The van der Waals surface area contributed by atoms with Gasteiger partial charge in [0.2, 0.25) is 5.91 Å². The van der Waals surface area contributed by atoms with Gasteiger partial charge in [-0.2, -0.15) is 0 Å². The van der Waals surface area contributed by atoms with Gasteiger partial charge in [0.15, 0.2) is 0 Å². The maximum Gasteiger partial charge on any atom is 0.359 e. The summed E-state index contributed by atoms with van der Waals surface area (Å²) in [6, 6.07) is -1.32. The number of urea groups is 1. The molecule has 0 aliphatic carbocycles. The van der Waals surface area contributed by atoms with Gasteiger partial charge in [-0.1, -0.05) is 9.60 Å². The van der Waals surface area contributed by atoms with E-state index in [0.717, 1.165) is 0 Å². The summed E-state index contributed by atoms with van der Waals surface area (Å²) in [6.45, 7) is 0. The predicted octanol–water partition coefficient (Wildman–Crippen LogP) is -0.661. The number of carbonyl (C=O) groups is 3. The number of imide groups is 2. The summed E-state index contributed by atoms with van der Waals surface area (Å²) >= 11 is 0. The van der Waals surface area contributed by atoms with E-state index in [1.54, 1.807) is 5.32 Å². The van der Waals surface area contributed by atoms with E-state index in [4.69, 9.17) is 0 Å². The highest BCUT2D eigenvalue weighted by atomic mass is 19.2. The highest BCUT2D eigenvalue weighted by Gasteiger charge is 2.30. The maximum absolute atomic E-state index is 12.1. The van der Waals surface area contributed by atoms with Crippen LogP contribution in [0.25, 0.3) is 0 Å². The van der Waals surface area contributed by atoms with Gasteiger partial charge in [-0.15, -0.1) is 0 Å². The van der Waals surface area contributed by atoms with Gasteiger partial charge in [-0.3, -0.25) is 14.9 Å². The van der Waals surface area contributed by atoms with E-state index in [1.807, 2.05) is 0 Å². The number of rotatable bonds is 0. The third-order valence-corrected chi connectivity index (χ3v) is 0.955. The first-order valence-electron chi connectivity index (χ1n) is 2.44. The molecule has 10 heavy (non-hydrogen) atoms. The number of halogens is 1. The van der Waals surface area contributed by atoms with Crippen LogP contribution in [-0.2, 0) is 9.59 Å². The van der Waals surface area contributed by atoms with Gasteiger partial charge in [-0.05, 0) is 0 Å². The van der Waals surface area contributed by atoms with E-state index < -0.39 is 29.4 Å². The van der Waals surface area contributed by atoms with Crippen LogP contribution in [0.5, 0.6) is 0 Å². The molecule has 1 heterocycles. The van der Waals surface area contributed by atoms with Crippen LogP contribution in [0.15, 0.2) is 0 Å². The Morgan fingerprint density at radius 1 is 1.40 bits per heavy atom. The van der Waals surface area contributed by atoms with E-state index >= 15 is 0 Å². The Hall–Kier alpha value is -1.46. The average molecular weight is 146 g/mol. The van der Waals surface area contributed by atoms with Crippen LogP contribution in [0.3, 0.4) is 0 Å². The van der Waals surface area contributed by atoms with Crippen LogP contribution in [0.1, 0.15) is 6.42 Å². The Balaban J connectivity index is 2.76. The van der Waals surface area contributed by atoms with E-state index in [9.17, 15) is 18.9 Å². The molecule has 1 fully saturated rings. The molecular weight excluding hydrogens is 143 g/mol. The Bertz CT molecular complexity index is 195. The maximum atomic E-state index is 12.1. The van der Waals surface area contributed by atoms with E-state index in [0.29, 0.717) is 0 Å². The number of nitrogens with one attached hydrogen (secondary N) is 1. The first-order chi connectivity index (χ1) is 4.61. The lowest BCUT2D eigenvalue weighted by atomic mass is 10.3. The van der Waals surface area contributed by atoms with E-state index in [2.05, 4.69) is 0 Å². The van der Waals surface area contributed by atoms with Crippen molar-refractivity contribution in [2.45, 2.75) is 6.42 Å². The fourth-order valence-corrected chi connectivity index (χ4v) is 0.533. The topological polar surface area (TPSA) is 66.5 Å². The lowest BCUT2D eigenvalue weighted by Crippen LogP contribution is -2.48. The SMILES string of the molecule is O=C1CC(=O)N(F)C(=O)N1. The zero-order chi connectivity index (χ0) is 7.72. The van der Waals surface area contributed by atoms with Gasteiger partial charge in [0.25, 0.3) is 5.91 Å². The lowest BCUT2D eigenvalue weighted by molar-refractivity contribution is -0.146. The van der Waals surface area contributed by atoms with Gasteiger partial charge in [0.1, 0.15) is 6.42 Å². The van der Waals surface area contributed by atoms with Crippen molar-refractivity contribution in [1.29, 1.82) is 0 Å². The van der Waals surface area contributed by atoms with Crippen LogP contribution in [0, 0.1) is 0 Å². The molecule has 0 saturated carbocycles. The van der Waals surface area contributed by atoms with Crippen LogP contribution in [0.4, 0.5) is 9.28 Å². The fourth-order valence-electron chi connectivity index (χ4n) is 0.533. The number of nitrogens with zero attached hydrogens (tertiary/aromatic N) is 1. The van der Waals surface area contributed by atoms with Gasteiger partial charge >= 0.3 is 6.03 Å². The highest BCUT2D eigenvalue weighted by molar-refractivity contribution is 6.13. The van der Waals surface area contributed by atoms with Gasteiger partial charge in [0, 0.05) is 0 Å². The smallest absolute Gasteiger partial charge is 0.275 e. The summed E-state index contributed by atoms with van der Waals surface area (Å²) in [5, 5.41) is 0.988. The molecular formula is C4H3FN2O3. The first kappa shape index (κ1) is 6.66. The van der Waals surface area contributed by atoms with Crippen molar-refractivity contribution >= 4 is 17.8 Å². The van der Waals surface area contributed by atoms with Crippen molar-refractivity contribution in [1.82, 2.24) is 10.4 Å². The summed E-state index contributed by atoms with van der Waals surface area (Å²) in [5.41, 5.74) is 0. The Morgan fingerprint density at radius 3 is 2.50 bits per heavy atom. The number of hydrogen-bond acceptors (Lipinski definition) is 3. The molecule has 1 N–H and O–H groups in total. The van der Waals surface area contributed by atoms with Gasteiger partial charge in [0.05, 0.1) is 0 Å². The number of amides is 4. The summed E-state index contributed by atoms with van der Waals surface area (Å²) in [5.74, 6) is -1.90. The fraction of sp³-hybridized carbons (Fsp3) is 0.250. The molecule has 1 saturated heterocycles. The second-order valence-corrected chi connectivity index (χ2v) is 1.70. The van der Waals surface area contributed by atoms with Crippen LogP contribution in [-0.4, -0.2) is 23.0 Å². The molecule has 0 aromatic rings. The zero-order valence-electron chi connectivity index (χ0n) is 4.76. The molecule has 6 heteroatoms. The second-order valence-electron chi connectivity index (χ2n) is 1.70. The molecule has 1 rings (SSSR count). The largest absolute Gasteiger partial charge is 0.359 e. The molecule has 0 radical (unpaired) electrons. The second kappa shape index (κ2) is 2.05. The Kier molecular flexibility index (Phi) is 1.37. The molecule has 5 nitrogen and oxygen atoms in total. The van der Waals surface area contributed by atoms with Crippen molar-refractivity contribution in [2.75, 3.05) is 0 Å². The summed E-state index contributed by atoms with van der Waals surface area (Å²) in [6.07, 6.45) is -0.609. The predicted molar refractivity (Wildman–Crippen MR) is 26.1 cm³/mol. The van der Waals surface area contributed by atoms with Crippen LogP contribution >= 0.6 is 0 Å². The summed E-state index contributed by atoms with van der Waals surface area (Å²) in [4.78, 5) is 30.8. The molecule has 0 atom stereocenters. The van der Waals surface area contributed by atoms with Crippen LogP contribution < -0.4 is 5.32 Å². The minimum Gasteiger partial charge on any atom is -0.275 e. The summed E-state index contributed by atoms with van der Waals surface area (Å²) < 4.78 is 12.1. The first-order valence-corrected chi connectivity index (χ1v) is 2.44. The molecule has 1 aliphatic rings. The van der Waals surface area contributed by atoms with Crippen molar-refractivity contribution < 1.29 is 18.9 Å². The quantitative estimate of drug-likeness (QED) is 0.364. The van der Waals surface area contributed by atoms with Crippen molar-refractivity contribution in [2.24, 2.45) is 0 Å². The molecule has 0 bridgehead atoms. The number of hydrogen-bond donors (Lipinski definition) is 1. The van der Waals surface area contributed by atoms with Crippen LogP contribution in [0.2, 0.25) is 0 Å². The van der Waals surface area contributed by atoms with Crippen molar-refractivity contribution in [3.63, 3.8) is 0 Å². The minimum absolute atomic E-state index is 0.609. The highest BCUT2D eigenvalue weighted by Crippen LogP contribution is 2.01. The molecule has 1 aliphatic heterocycles. The molecule has 0 unspecified atom stereocenters. The lowest BCUT2D eigenvalue weighted by Gasteiger charge is -2.14. The minimum atomic E-state index is -1.32. The normalized spacial score (nSPS) is 19.3. The van der Waals surface area contributed by atoms with Gasteiger partial charge < -0.3 is 0 Å². The molecule has 0 aromatic carbocycles. The third-order valence-electron chi connectivity index (χ3n) is 0.955. The monoisotopic (exact) mass is 146 g/mol. The summed E-state index contributed by atoms with van der Waals surface area (Å²) in [7, 11) is 0. The van der Waals surface area contributed by atoms with Crippen molar-refractivity contribution in [3.8, 4) is 0 Å². The zero-order valence-corrected chi connectivity index (χ0v) is 4.76. The average Bonchev–Trinajstić information content (AvgIpc) is 1.82. The standard InChI is InChI=1S/C4H3FN2O3/c5-7-3(9)1-2(8)6-4(7)10/h1H2,(H,6,8,10). The van der Waals surface area contributed by atoms with E-state index in [1.165, 1.54) is 0 Å². The molecule has 0 aromatic heterocycles. The third kappa shape index (κ3) is 0.949.